The average Bonchev–Trinajstić information content (AvgIpc) is 3.23. The molecular formula is C42H49ClF6N6O4S2. The van der Waals surface area contributed by atoms with Crippen LogP contribution in [0.2, 0.25) is 0 Å². The van der Waals surface area contributed by atoms with Crippen LogP contribution >= 0.6 is 10.7 Å². The van der Waals surface area contributed by atoms with Gasteiger partial charge >= 0.3 is 12.4 Å². The fourth-order valence-electron chi connectivity index (χ4n) is 8.93. The fraction of sp³-hybridized carbons (Fsp3) is 0.476. The Bertz CT molecular complexity index is 2310. The lowest BCUT2D eigenvalue weighted by molar-refractivity contribution is -0.138. The highest BCUT2D eigenvalue weighted by molar-refractivity contribution is 8.13. The second-order valence-corrected chi connectivity index (χ2v) is 20.2. The van der Waals surface area contributed by atoms with Crippen LogP contribution in [0.3, 0.4) is 0 Å². The molecule has 2 aliphatic carbocycles. The molecule has 0 amide bonds. The first-order chi connectivity index (χ1) is 28.8. The largest absolute Gasteiger partial charge is 0.416 e. The maximum absolute atomic E-state index is 13.3. The maximum atomic E-state index is 13.3. The summed E-state index contributed by atoms with van der Waals surface area (Å²) in [7, 11) is -2.67. The van der Waals surface area contributed by atoms with Crippen molar-refractivity contribution in [1.82, 2.24) is 9.97 Å². The van der Waals surface area contributed by atoms with E-state index in [1.165, 1.54) is 106 Å². The van der Waals surface area contributed by atoms with Crippen molar-refractivity contribution in [2.24, 2.45) is 23.7 Å². The van der Waals surface area contributed by atoms with E-state index in [0.717, 1.165) is 74.8 Å². The van der Waals surface area contributed by atoms with Crippen molar-refractivity contribution in [1.29, 1.82) is 0 Å². The van der Waals surface area contributed by atoms with Crippen molar-refractivity contribution < 1.29 is 43.2 Å². The van der Waals surface area contributed by atoms with Crippen LogP contribution in [0.4, 0.5) is 49.1 Å². The monoisotopic (exact) mass is 914 g/mol. The molecule has 4 heterocycles. The molecule has 0 radical (unpaired) electrons. The molecule has 19 heteroatoms. The molecule has 2 aliphatic heterocycles. The zero-order chi connectivity index (χ0) is 44.0. The van der Waals surface area contributed by atoms with E-state index in [4.69, 9.17) is 16.4 Å². The molecule has 4 aromatic rings. The topological polar surface area (TPSA) is 139 Å². The maximum Gasteiger partial charge on any atom is 0.416 e. The van der Waals surface area contributed by atoms with Gasteiger partial charge in [-0.05, 0) is 110 Å². The van der Waals surface area contributed by atoms with Crippen molar-refractivity contribution in [3.05, 3.63) is 96.6 Å². The van der Waals surface area contributed by atoms with Crippen molar-refractivity contribution in [2.75, 3.05) is 46.4 Å². The van der Waals surface area contributed by atoms with Gasteiger partial charge in [-0.25, -0.2) is 16.8 Å². The highest BCUT2D eigenvalue weighted by Crippen LogP contribution is 2.43. The van der Waals surface area contributed by atoms with E-state index in [1.807, 2.05) is 4.90 Å². The molecule has 2 aromatic heterocycles. The molecule has 4 atom stereocenters. The average molecular weight is 915 g/mol. The summed E-state index contributed by atoms with van der Waals surface area (Å²) in [6.45, 7) is 3.27. The van der Waals surface area contributed by atoms with E-state index in [-0.39, 0.29) is 21.2 Å². The summed E-state index contributed by atoms with van der Waals surface area (Å²) in [4.78, 5) is 11.5. The van der Waals surface area contributed by atoms with Crippen molar-refractivity contribution in [3.63, 3.8) is 0 Å². The van der Waals surface area contributed by atoms with Gasteiger partial charge in [-0.1, -0.05) is 38.5 Å². The molecule has 10 nitrogen and oxygen atoms in total. The number of pyridine rings is 2. The van der Waals surface area contributed by atoms with Crippen LogP contribution in [0.25, 0.3) is 0 Å². The lowest BCUT2D eigenvalue weighted by Gasteiger charge is -2.42. The van der Waals surface area contributed by atoms with Gasteiger partial charge < -0.3 is 15.5 Å². The van der Waals surface area contributed by atoms with Gasteiger partial charge in [0.2, 0.25) is 0 Å². The minimum absolute atomic E-state index is 0.0247. The fourth-order valence-corrected chi connectivity index (χ4v) is 10.7. The van der Waals surface area contributed by atoms with E-state index in [1.54, 1.807) is 0 Å². The van der Waals surface area contributed by atoms with E-state index in [2.05, 4.69) is 19.6 Å². The molecule has 2 saturated heterocycles. The number of nitrogens with two attached hydrogens (primary N) is 1. The Balaban J connectivity index is 0.000000173. The van der Waals surface area contributed by atoms with Crippen LogP contribution in [0.5, 0.6) is 0 Å². The third-order valence-corrected chi connectivity index (χ3v) is 14.7. The number of nitrogens with zero attached hydrogens (tertiary/aromatic N) is 4. The summed E-state index contributed by atoms with van der Waals surface area (Å²) in [6, 6.07) is 12.7. The van der Waals surface area contributed by atoms with Gasteiger partial charge in [0.25, 0.3) is 19.1 Å². The Morgan fingerprint density at radius 3 is 1.52 bits per heavy atom. The smallest absolute Gasteiger partial charge is 0.397 e. The predicted molar refractivity (Wildman–Crippen MR) is 224 cm³/mol. The Morgan fingerprint density at radius 2 is 1.08 bits per heavy atom. The first-order valence-electron chi connectivity index (χ1n) is 20.2. The summed E-state index contributed by atoms with van der Waals surface area (Å²) in [6.07, 6.45) is 8.34. The van der Waals surface area contributed by atoms with Gasteiger partial charge in [-0.15, -0.1) is 0 Å². The van der Waals surface area contributed by atoms with E-state index in [0.29, 0.717) is 30.0 Å². The zero-order valence-electron chi connectivity index (χ0n) is 33.3. The second kappa shape index (κ2) is 19.4. The number of halogens is 7. The standard InChI is InChI=1S/C21H24F3N3O2S.C16H21F3N2.C5H4ClNO2S/c22-21(23,24)17-7-8-20(27-11-9-15-4-1-2-5-16(15)14-27)19(12-17)26-30(28,29)18-6-3-10-25-13-18;17-16(18,19)13-5-6-15(14(20)9-13)21-8-7-11-3-1-2-4-12(11)10-21;6-10(8,9)5-2-1-3-7-4-5/h3,6-8,10,12-13,15-16,26H,1-2,4-5,9,11,14H2;5-6,9,11-12H,1-4,7-8,10,20H2;1-4H/t15-,16-;11-,12-;/m00./s1. The minimum atomic E-state index is -4.57. The van der Waals surface area contributed by atoms with Gasteiger partial charge in [-0.3, -0.25) is 14.7 Å². The molecule has 4 fully saturated rings. The summed E-state index contributed by atoms with van der Waals surface area (Å²) in [5, 5.41) is 0. The number of hydrogen-bond donors (Lipinski definition) is 2. The van der Waals surface area contributed by atoms with Crippen LogP contribution in [0, 0.1) is 23.7 Å². The highest BCUT2D eigenvalue weighted by atomic mass is 35.7. The number of hydrogen-bond acceptors (Lipinski definition) is 9. The number of piperidine rings is 2. The van der Waals surface area contributed by atoms with Crippen LogP contribution < -0.4 is 20.3 Å². The van der Waals surface area contributed by atoms with Crippen molar-refractivity contribution in [2.45, 2.75) is 86.4 Å². The van der Waals surface area contributed by atoms with Gasteiger partial charge in [0.15, 0.2) is 0 Å². The summed E-state index contributed by atoms with van der Waals surface area (Å²) < 4.78 is 127. The van der Waals surface area contributed by atoms with Crippen molar-refractivity contribution in [3.8, 4) is 0 Å². The van der Waals surface area contributed by atoms with Crippen LogP contribution in [-0.2, 0) is 31.4 Å². The highest BCUT2D eigenvalue weighted by Gasteiger charge is 2.36. The number of nitrogens with one attached hydrogen (secondary N) is 1. The molecule has 8 rings (SSSR count). The molecule has 2 aromatic carbocycles. The molecule has 0 bridgehead atoms. The van der Waals surface area contributed by atoms with Crippen LogP contribution in [0.15, 0.2) is 95.2 Å². The number of anilines is 4. The van der Waals surface area contributed by atoms with Crippen LogP contribution in [0.1, 0.15) is 75.3 Å². The van der Waals surface area contributed by atoms with Gasteiger partial charge in [0.1, 0.15) is 9.79 Å². The Labute approximate surface area is 357 Å². The first-order valence-corrected chi connectivity index (χ1v) is 24.0. The third-order valence-electron chi connectivity index (χ3n) is 12.0. The number of alkyl halides is 6. The molecule has 61 heavy (non-hydrogen) atoms. The molecule has 332 valence electrons. The number of nitrogen functional groups attached to an aromatic ring is 1. The minimum Gasteiger partial charge on any atom is -0.397 e. The summed E-state index contributed by atoms with van der Waals surface area (Å²) >= 11 is 0. The third kappa shape index (κ3) is 12.2. The molecule has 3 N–H and O–H groups in total. The van der Waals surface area contributed by atoms with Gasteiger partial charge in [0.05, 0.1) is 33.9 Å². The summed E-state index contributed by atoms with van der Waals surface area (Å²) in [5.41, 5.74) is 5.74. The number of fused-ring (bicyclic) bond motifs is 2. The Morgan fingerprint density at radius 1 is 0.623 bits per heavy atom. The lowest BCUT2D eigenvalue weighted by Crippen LogP contribution is -2.42. The second-order valence-electron chi connectivity index (χ2n) is 16.0. The normalized spacial score (nSPS) is 22.0. The zero-order valence-corrected chi connectivity index (χ0v) is 35.6. The Hall–Kier alpha value is -4.29. The lowest BCUT2D eigenvalue weighted by atomic mass is 9.75. The number of sulfonamides is 1. The van der Waals surface area contributed by atoms with Crippen molar-refractivity contribution >= 4 is 52.5 Å². The molecule has 2 saturated carbocycles. The van der Waals surface area contributed by atoms with Crippen LogP contribution in [-0.4, -0.2) is 53.0 Å². The van der Waals surface area contributed by atoms with E-state index >= 15 is 0 Å². The quantitative estimate of drug-likeness (QED) is 0.110. The number of aromatic nitrogens is 2. The molecule has 4 aliphatic rings. The SMILES string of the molecule is Nc1cc(C(F)(F)F)ccc1N1CC[C@@H]2CCCC[C@H]2C1.O=S(=O)(Cl)c1cccnc1.O=S(=O)(Nc1cc(C(F)(F)F)ccc1N1CC[C@@H]2CCCC[C@H]2C1)c1cccnc1. The van der Waals surface area contributed by atoms with E-state index < -0.39 is 42.6 Å². The molecular weight excluding hydrogens is 866 g/mol. The first kappa shape index (κ1) is 46.2. The van der Waals surface area contributed by atoms with Gasteiger partial charge in [0, 0.05) is 61.6 Å². The number of benzene rings is 2. The Kier molecular flexibility index (Phi) is 14.7. The molecule has 0 unspecified atom stereocenters. The molecule has 0 spiro atoms. The predicted octanol–water partition coefficient (Wildman–Crippen LogP) is 10.2. The van der Waals surface area contributed by atoms with Gasteiger partial charge in [-0.2, -0.15) is 26.3 Å². The van der Waals surface area contributed by atoms with E-state index in [9.17, 15) is 43.2 Å². The summed E-state index contributed by atoms with van der Waals surface area (Å²) in [5.74, 6) is 2.62. The number of rotatable bonds is 6.